The lowest BCUT2D eigenvalue weighted by molar-refractivity contribution is 0.0433. The van der Waals surface area contributed by atoms with Crippen LogP contribution in [-0.4, -0.2) is 5.97 Å². The van der Waals surface area contributed by atoms with Crippen LogP contribution in [0.3, 0.4) is 0 Å². The van der Waals surface area contributed by atoms with E-state index in [9.17, 15) is 4.79 Å². The van der Waals surface area contributed by atoms with Crippen molar-refractivity contribution in [3.63, 3.8) is 0 Å². The minimum atomic E-state index is -0.489. The maximum Gasteiger partial charge on any atom is 0.375 e. The molecule has 0 bridgehead atoms. The highest BCUT2D eigenvalue weighted by Crippen LogP contribution is 2.30. The van der Waals surface area contributed by atoms with Crippen LogP contribution < -0.4 is 4.74 Å². The van der Waals surface area contributed by atoms with Gasteiger partial charge in [-0.3, -0.25) is 0 Å². The topological polar surface area (TPSA) is 48.7 Å². The van der Waals surface area contributed by atoms with E-state index in [1.165, 1.54) is 5.56 Å². The lowest BCUT2D eigenvalue weighted by Crippen LogP contribution is -2.14. The highest BCUT2D eigenvalue weighted by Gasteiger charge is 2.23. The van der Waals surface area contributed by atoms with E-state index in [1.54, 1.807) is 0 Å². The Bertz CT molecular complexity index is 1250. The lowest BCUT2D eigenvalue weighted by Gasteiger charge is -2.22. The number of para-hydroxylation sites is 2. The molecule has 0 aliphatic heterocycles. The number of furan rings is 1. The Morgan fingerprint density at radius 2 is 1.48 bits per heavy atom. The SMILES string of the molecule is Cc1cc(C(C)(C)C)cc(C)c1COC(=O)c1oc2ccccc2c1COc1ccccc1. The van der Waals surface area contributed by atoms with E-state index < -0.39 is 5.97 Å². The Morgan fingerprint density at radius 1 is 0.848 bits per heavy atom. The maximum atomic E-state index is 13.1. The van der Waals surface area contributed by atoms with Crippen molar-refractivity contribution in [1.29, 1.82) is 0 Å². The molecular weight excluding hydrogens is 412 g/mol. The Balaban J connectivity index is 1.57. The molecule has 0 atom stereocenters. The van der Waals surface area contributed by atoms with E-state index in [0.29, 0.717) is 11.1 Å². The molecule has 170 valence electrons. The first-order valence-corrected chi connectivity index (χ1v) is 11.2. The predicted octanol–water partition coefficient (Wildman–Crippen LogP) is 7.28. The molecule has 0 saturated heterocycles. The normalized spacial score (nSPS) is 11.5. The molecule has 0 saturated carbocycles. The van der Waals surface area contributed by atoms with Gasteiger partial charge in [0.1, 0.15) is 24.5 Å². The molecule has 0 fully saturated rings. The van der Waals surface area contributed by atoms with E-state index >= 15 is 0 Å². The number of carbonyl (C=O) groups excluding carboxylic acids is 1. The van der Waals surface area contributed by atoms with Crippen LogP contribution >= 0.6 is 0 Å². The molecule has 1 heterocycles. The number of benzene rings is 3. The second-order valence-corrected chi connectivity index (χ2v) is 9.42. The van der Waals surface area contributed by atoms with Gasteiger partial charge >= 0.3 is 5.97 Å². The molecule has 0 spiro atoms. The molecule has 3 aromatic carbocycles. The Kier molecular flexibility index (Phi) is 6.28. The summed E-state index contributed by atoms with van der Waals surface area (Å²) in [6.45, 7) is 11.1. The molecule has 0 amide bonds. The number of aryl methyl sites for hydroxylation is 2. The van der Waals surface area contributed by atoms with Crippen molar-refractivity contribution in [1.82, 2.24) is 0 Å². The van der Waals surface area contributed by atoms with Gasteiger partial charge in [-0.15, -0.1) is 0 Å². The fraction of sp³-hybridized carbons (Fsp3) is 0.276. The van der Waals surface area contributed by atoms with E-state index in [1.807, 2.05) is 54.6 Å². The fourth-order valence-electron chi connectivity index (χ4n) is 3.94. The van der Waals surface area contributed by atoms with Crippen molar-refractivity contribution in [3.8, 4) is 5.75 Å². The molecular formula is C29H30O4. The highest BCUT2D eigenvalue weighted by molar-refractivity contribution is 5.96. The van der Waals surface area contributed by atoms with Crippen molar-refractivity contribution in [2.75, 3.05) is 0 Å². The molecule has 4 heteroatoms. The third kappa shape index (κ3) is 4.95. The van der Waals surface area contributed by atoms with E-state index in [2.05, 4.69) is 46.8 Å². The zero-order valence-corrected chi connectivity index (χ0v) is 19.9. The highest BCUT2D eigenvalue weighted by atomic mass is 16.5. The van der Waals surface area contributed by atoms with E-state index in [4.69, 9.17) is 13.9 Å². The molecule has 0 unspecified atom stereocenters. The summed E-state index contributed by atoms with van der Waals surface area (Å²) >= 11 is 0. The number of fused-ring (bicyclic) bond motifs is 1. The molecule has 4 rings (SSSR count). The van der Waals surface area contributed by atoms with Gasteiger partial charge in [0.2, 0.25) is 5.76 Å². The first kappa shape index (κ1) is 22.7. The summed E-state index contributed by atoms with van der Waals surface area (Å²) in [5.41, 5.74) is 5.91. The number of hydrogen-bond donors (Lipinski definition) is 0. The molecule has 0 aliphatic carbocycles. The largest absolute Gasteiger partial charge is 0.489 e. The van der Waals surface area contributed by atoms with Crippen LogP contribution in [-0.2, 0) is 23.4 Å². The van der Waals surface area contributed by atoms with Crippen molar-refractivity contribution >= 4 is 16.9 Å². The minimum absolute atomic E-state index is 0.0622. The first-order valence-electron chi connectivity index (χ1n) is 11.2. The number of esters is 1. The van der Waals surface area contributed by atoms with Crippen LogP contribution in [0.2, 0.25) is 0 Å². The lowest BCUT2D eigenvalue weighted by atomic mass is 9.84. The van der Waals surface area contributed by atoms with Crippen LogP contribution in [0.1, 0.15) is 59.1 Å². The first-order chi connectivity index (χ1) is 15.7. The van der Waals surface area contributed by atoms with Crippen LogP contribution in [0.5, 0.6) is 5.75 Å². The van der Waals surface area contributed by atoms with Crippen LogP contribution in [0.25, 0.3) is 11.0 Å². The second kappa shape index (κ2) is 9.14. The Labute approximate surface area is 195 Å². The van der Waals surface area contributed by atoms with Crippen molar-refractivity contribution in [2.24, 2.45) is 0 Å². The fourth-order valence-corrected chi connectivity index (χ4v) is 3.94. The second-order valence-electron chi connectivity index (χ2n) is 9.42. The zero-order valence-electron chi connectivity index (χ0n) is 19.9. The smallest absolute Gasteiger partial charge is 0.375 e. The summed E-state index contributed by atoms with van der Waals surface area (Å²) in [5, 5.41) is 0.849. The van der Waals surface area contributed by atoms with Crippen LogP contribution in [0.15, 0.2) is 71.1 Å². The van der Waals surface area contributed by atoms with Crippen LogP contribution in [0, 0.1) is 13.8 Å². The number of hydrogen-bond acceptors (Lipinski definition) is 4. The Morgan fingerprint density at radius 3 is 2.15 bits per heavy atom. The van der Waals surface area contributed by atoms with Gasteiger partial charge in [0.25, 0.3) is 0 Å². The standard InChI is InChI=1S/C29H30O4/c1-19-15-21(29(3,4)5)16-20(2)24(19)17-32-28(30)27-25(18-31-22-11-7-6-8-12-22)23-13-9-10-14-26(23)33-27/h6-16H,17-18H2,1-5H3. The molecule has 4 nitrogen and oxygen atoms in total. The molecule has 0 N–H and O–H groups in total. The quantitative estimate of drug-likeness (QED) is 0.294. The number of rotatable bonds is 6. The van der Waals surface area contributed by atoms with Gasteiger partial charge < -0.3 is 13.9 Å². The number of ether oxygens (including phenoxy) is 2. The molecule has 33 heavy (non-hydrogen) atoms. The average Bonchev–Trinajstić information content (AvgIpc) is 3.15. The summed E-state index contributed by atoms with van der Waals surface area (Å²) in [4.78, 5) is 13.1. The van der Waals surface area contributed by atoms with Crippen molar-refractivity contribution in [2.45, 2.75) is 53.2 Å². The molecule has 1 aromatic heterocycles. The minimum Gasteiger partial charge on any atom is -0.489 e. The van der Waals surface area contributed by atoms with Gasteiger partial charge in [-0.1, -0.05) is 69.3 Å². The summed E-state index contributed by atoms with van der Waals surface area (Å²) in [6.07, 6.45) is 0. The average molecular weight is 443 g/mol. The maximum absolute atomic E-state index is 13.1. The zero-order chi connectivity index (χ0) is 23.6. The van der Waals surface area contributed by atoms with Gasteiger partial charge in [-0.05, 0) is 59.7 Å². The molecule has 0 radical (unpaired) electrons. The Hall–Kier alpha value is -3.53. The van der Waals surface area contributed by atoms with Gasteiger partial charge in [-0.25, -0.2) is 4.79 Å². The predicted molar refractivity (Wildman–Crippen MR) is 131 cm³/mol. The third-order valence-electron chi connectivity index (χ3n) is 5.92. The summed E-state index contributed by atoms with van der Waals surface area (Å²) < 4.78 is 17.6. The number of carbonyl (C=O) groups is 1. The summed E-state index contributed by atoms with van der Waals surface area (Å²) in [5.74, 6) is 0.428. The van der Waals surface area contributed by atoms with Gasteiger partial charge in [0, 0.05) is 5.39 Å². The molecule has 0 aliphatic rings. The van der Waals surface area contributed by atoms with Gasteiger partial charge in [0.05, 0.1) is 5.56 Å². The van der Waals surface area contributed by atoms with Crippen molar-refractivity contribution in [3.05, 3.63) is 100 Å². The molecule has 4 aromatic rings. The van der Waals surface area contributed by atoms with E-state index in [-0.39, 0.29) is 24.4 Å². The monoisotopic (exact) mass is 442 g/mol. The van der Waals surface area contributed by atoms with Crippen molar-refractivity contribution < 1.29 is 18.7 Å². The van der Waals surface area contributed by atoms with E-state index in [0.717, 1.165) is 27.8 Å². The summed E-state index contributed by atoms with van der Waals surface area (Å²) in [7, 11) is 0. The third-order valence-corrected chi connectivity index (χ3v) is 5.92. The van der Waals surface area contributed by atoms with Gasteiger partial charge in [0.15, 0.2) is 0 Å². The van der Waals surface area contributed by atoms with Gasteiger partial charge in [-0.2, -0.15) is 0 Å². The summed E-state index contributed by atoms with van der Waals surface area (Å²) in [6, 6.07) is 21.4. The van der Waals surface area contributed by atoms with Crippen LogP contribution in [0.4, 0.5) is 0 Å².